The summed E-state index contributed by atoms with van der Waals surface area (Å²) in [4.78, 5) is 0. The van der Waals surface area contributed by atoms with Crippen molar-refractivity contribution >= 4 is 0 Å². The number of aliphatic hydroxyl groups excluding tert-OH is 1. The summed E-state index contributed by atoms with van der Waals surface area (Å²) in [5, 5.41) is 14.0. The van der Waals surface area contributed by atoms with Crippen LogP contribution in [0.2, 0.25) is 0 Å². The molecule has 1 aliphatic carbocycles. The van der Waals surface area contributed by atoms with E-state index in [1.54, 1.807) is 0 Å². The molecule has 2 rings (SSSR count). The molecule has 2 N–H and O–H groups in total. The minimum absolute atomic E-state index is 0.140. The molecule has 106 valence electrons. The standard InChI is InChI=1S/C17H27NO/c1-4-16(18-12(2)3)17(19)15-10-9-13-7-5-6-8-14(13)11-15/h9-12,16-19H,4-8H2,1-3H3. The van der Waals surface area contributed by atoms with Crippen molar-refractivity contribution in [3.05, 3.63) is 34.9 Å². The lowest BCUT2D eigenvalue weighted by Gasteiger charge is -2.26. The third-order valence-corrected chi connectivity index (χ3v) is 4.08. The van der Waals surface area contributed by atoms with Gasteiger partial charge in [0, 0.05) is 12.1 Å². The summed E-state index contributed by atoms with van der Waals surface area (Å²) in [6.45, 7) is 6.38. The summed E-state index contributed by atoms with van der Waals surface area (Å²) >= 11 is 0. The third-order valence-electron chi connectivity index (χ3n) is 4.08. The second-order valence-electron chi connectivity index (χ2n) is 6.02. The van der Waals surface area contributed by atoms with Gasteiger partial charge in [0.2, 0.25) is 0 Å². The molecule has 2 atom stereocenters. The van der Waals surface area contributed by atoms with Gasteiger partial charge in [-0.15, -0.1) is 0 Å². The molecular weight excluding hydrogens is 234 g/mol. The number of fused-ring (bicyclic) bond motifs is 1. The Bertz CT molecular complexity index is 414. The topological polar surface area (TPSA) is 32.3 Å². The van der Waals surface area contributed by atoms with E-state index in [4.69, 9.17) is 0 Å². The number of rotatable bonds is 5. The van der Waals surface area contributed by atoms with E-state index >= 15 is 0 Å². The van der Waals surface area contributed by atoms with Crippen molar-refractivity contribution in [1.82, 2.24) is 5.32 Å². The molecule has 0 radical (unpaired) electrons. The molecule has 1 aromatic rings. The van der Waals surface area contributed by atoms with Crippen LogP contribution in [-0.2, 0) is 12.8 Å². The summed E-state index contributed by atoms with van der Waals surface area (Å²) in [7, 11) is 0. The van der Waals surface area contributed by atoms with Gasteiger partial charge >= 0.3 is 0 Å². The predicted octanol–water partition coefficient (Wildman–Crippen LogP) is 3.38. The first-order valence-corrected chi connectivity index (χ1v) is 7.67. The highest BCUT2D eigenvalue weighted by atomic mass is 16.3. The lowest BCUT2D eigenvalue weighted by molar-refractivity contribution is 0.121. The van der Waals surface area contributed by atoms with Crippen molar-refractivity contribution in [3.63, 3.8) is 0 Å². The van der Waals surface area contributed by atoms with Crippen molar-refractivity contribution in [2.24, 2.45) is 0 Å². The number of aliphatic hydroxyl groups is 1. The van der Waals surface area contributed by atoms with E-state index in [9.17, 15) is 5.11 Å². The zero-order valence-corrected chi connectivity index (χ0v) is 12.4. The fourth-order valence-electron chi connectivity index (χ4n) is 3.03. The minimum Gasteiger partial charge on any atom is -0.387 e. The Hall–Kier alpha value is -0.860. The molecule has 0 saturated carbocycles. The molecule has 0 saturated heterocycles. The maximum atomic E-state index is 10.6. The highest BCUT2D eigenvalue weighted by Gasteiger charge is 2.21. The van der Waals surface area contributed by atoms with Crippen molar-refractivity contribution in [1.29, 1.82) is 0 Å². The fourth-order valence-corrected chi connectivity index (χ4v) is 3.03. The molecule has 2 heteroatoms. The summed E-state index contributed by atoms with van der Waals surface area (Å²) in [6, 6.07) is 7.09. The Balaban J connectivity index is 2.15. The Kier molecular flexibility index (Phi) is 5.00. The van der Waals surface area contributed by atoms with E-state index in [0.717, 1.165) is 12.0 Å². The van der Waals surface area contributed by atoms with Crippen LogP contribution in [0.25, 0.3) is 0 Å². The van der Waals surface area contributed by atoms with Crippen molar-refractivity contribution in [2.75, 3.05) is 0 Å². The molecule has 0 heterocycles. The van der Waals surface area contributed by atoms with Gasteiger partial charge in [-0.2, -0.15) is 0 Å². The number of nitrogens with one attached hydrogen (secondary N) is 1. The lowest BCUT2D eigenvalue weighted by Crippen LogP contribution is -2.38. The van der Waals surface area contributed by atoms with Gasteiger partial charge in [-0.25, -0.2) is 0 Å². The summed E-state index contributed by atoms with van der Waals surface area (Å²) < 4.78 is 0. The van der Waals surface area contributed by atoms with Crippen LogP contribution in [-0.4, -0.2) is 17.2 Å². The van der Waals surface area contributed by atoms with E-state index < -0.39 is 6.10 Å². The van der Waals surface area contributed by atoms with Crippen molar-refractivity contribution in [3.8, 4) is 0 Å². The highest BCUT2D eigenvalue weighted by molar-refractivity contribution is 5.35. The molecule has 0 fully saturated rings. The van der Waals surface area contributed by atoms with Crippen LogP contribution in [0, 0.1) is 0 Å². The number of hydrogen-bond acceptors (Lipinski definition) is 2. The molecule has 19 heavy (non-hydrogen) atoms. The van der Waals surface area contributed by atoms with Crippen LogP contribution >= 0.6 is 0 Å². The first-order chi connectivity index (χ1) is 9.11. The van der Waals surface area contributed by atoms with Crippen LogP contribution in [0.4, 0.5) is 0 Å². The van der Waals surface area contributed by atoms with E-state index in [0.29, 0.717) is 6.04 Å². The quantitative estimate of drug-likeness (QED) is 0.851. The van der Waals surface area contributed by atoms with E-state index in [1.165, 1.54) is 36.8 Å². The van der Waals surface area contributed by atoms with Crippen LogP contribution in [0.15, 0.2) is 18.2 Å². The van der Waals surface area contributed by atoms with Gasteiger partial charge in [0.05, 0.1) is 6.10 Å². The van der Waals surface area contributed by atoms with E-state index in [-0.39, 0.29) is 6.04 Å². The Morgan fingerprint density at radius 2 is 1.84 bits per heavy atom. The monoisotopic (exact) mass is 261 g/mol. The van der Waals surface area contributed by atoms with Gasteiger partial charge in [-0.1, -0.05) is 39.0 Å². The van der Waals surface area contributed by atoms with Gasteiger partial charge in [0.1, 0.15) is 0 Å². The van der Waals surface area contributed by atoms with Gasteiger partial charge in [0.15, 0.2) is 0 Å². The van der Waals surface area contributed by atoms with Gasteiger partial charge < -0.3 is 10.4 Å². The van der Waals surface area contributed by atoms with Gasteiger partial charge in [-0.05, 0) is 48.8 Å². The smallest absolute Gasteiger partial charge is 0.0943 e. The normalized spacial score (nSPS) is 18.2. The average molecular weight is 261 g/mol. The second kappa shape index (κ2) is 6.53. The predicted molar refractivity (Wildman–Crippen MR) is 80.4 cm³/mol. The molecule has 0 aliphatic heterocycles. The molecule has 1 aliphatic rings. The van der Waals surface area contributed by atoms with Crippen LogP contribution in [0.3, 0.4) is 0 Å². The molecule has 2 unspecified atom stereocenters. The van der Waals surface area contributed by atoms with Gasteiger partial charge in [0.25, 0.3) is 0 Å². The lowest BCUT2D eigenvalue weighted by atomic mass is 9.88. The van der Waals surface area contributed by atoms with Crippen LogP contribution in [0.1, 0.15) is 62.8 Å². The Morgan fingerprint density at radius 3 is 2.47 bits per heavy atom. The first-order valence-electron chi connectivity index (χ1n) is 7.67. The fraction of sp³-hybridized carbons (Fsp3) is 0.647. The highest BCUT2D eigenvalue weighted by Crippen LogP contribution is 2.26. The van der Waals surface area contributed by atoms with E-state index in [1.807, 2.05) is 0 Å². The van der Waals surface area contributed by atoms with Crippen molar-refractivity contribution in [2.45, 2.75) is 71.1 Å². The number of benzene rings is 1. The zero-order valence-electron chi connectivity index (χ0n) is 12.4. The molecule has 0 aromatic heterocycles. The molecule has 0 bridgehead atoms. The SMILES string of the molecule is CCC(NC(C)C)C(O)c1ccc2c(c1)CCCC2. The largest absolute Gasteiger partial charge is 0.387 e. The Morgan fingerprint density at radius 1 is 1.16 bits per heavy atom. The molecule has 0 spiro atoms. The number of hydrogen-bond donors (Lipinski definition) is 2. The average Bonchev–Trinajstić information content (AvgIpc) is 2.43. The van der Waals surface area contributed by atoms with Crippen molar-refractivity contribution < 1.29 is 5.11 Å². The minimum atomic E-state index is -0.403. The second-order valence-corrected chi connectivity index (χ2v) is 6.02. The first kappa shape index (κ1) is 14.5. The summed E-state index contributed by atoms with van der Waals surface area (Å²) in [5.74, 6) is 0. The van der Waals surface area contributed by atoms with E-state index in [2.05, 4.69) is 44.3 Å². The molecule has 2 nitrogen and oxygen atoms in total. The summed E-state index contributed by atoms with van der Waals surface area (Å²) in [5.41, 5.74) is 4.00. The third kappa shape index (κ3) is 3.58. The molecule has 0 amide bonds. The van der Waals surface area contributed by atoms with Crippen LogP contribution in [0.5, 0.6) is 0 Å². The maximum Gasteiger partial charge on any atom is 0.0943 e. The zero-order chi connectivity index (χ0) is 13.8. The maximum absolute atomic E-state index is 10.6. The van der Waals surface area contributed by atoms with Gasteiger partial charge in [-0.3, -0.25) is 0 Å². The molecular formula is C17H27NO. The molecule has 1 aromatic carbocycles. The summed E-state index contributed by atoms with van der Waals surface area (Å²) in [6.07, 6.45) is 5.50. The Labute approximate surface area is 117 Å². The number of aryl methyl sites for hydroxylation is 2. The van der Waals surface area contributed by atoms with Crippen LogP contribution < -0.4 is 5.32 Å².